The lowest BCUT2D eigenvalue weighted by Gasteiger charge is -2.39. The molecule has 1 saturated carbocycles. The number of nitrogens with one attached hydrogen (secondary N) is 2. The molecule has 1 aromatic heterocycles. The van der Waals surface area contributed by atoms with Gasteiger partial charge in [0.25, 0.3) is 0 Å². The molecule has 1 atom stereocenters. The lowest BCUT2D eigenvalue weighted by molar-refractivity contribution is -0.133. The van der Waals surface area contributed by atoms with Crippen molar-refractivity contribution in [3.05, 3.63) is 36.7 Å². The minimum absolute atomic E-state index is 0.0831. The number of anilines is 2. The summed E-state index contributed by atoms with van der Waals surface area (Å²) in [5.74, 6) is -0.425. The number of aromatic nitrogens is 3. The number of rotatable bonds is 6. The summed E-state index contributed by atoms with van der Waals surface area (Å²) in [6.45, 7) is 4.19. The smallest absolute Gasteiger partial charge is 0.436 e. The molecule has 3 heterocycles. The highest BCUT2D eigenvalue weighted by atomic mass is 19.1. The first kappa shape index (κ1) is 25.1. The molecule has 0 bridgehead atoms. The highest BCUT2D eigenvalue weighted by Crippen LogP contribution is 2.29. The van der Waals surface area contributed by atoms with Gasteiger partial charge in [-0.3, -0.25) is 19.8 Å². The Hall–Kier alpha value is -3.54. The largest absolute Gasteiger partial charge is 0.445 e. The second-order valence-electron chi connectivity index (χ2n) is 9.97. The van der Waals surface area contributed by atoms with E-state index in [1.54, 1.807) is 12.1 Å². The number of halogens is 1. The Morgan fingerprint density at radius 2 is 1.89 bits per heavy atom. The Morgan fingerprint density at radius 3 is 2.57 bits per heavy atom. The molecule has 37 heavy (non-hydrogen) atoms. The van der Waals surface area contributed by atoms with Crippen molar-refractivity contribution in [2.45, 2.75) is 50.7 Å². The van der Waals surface area contributed by atoms with Crippen molar-refractivity contribution >= 4 is 29.3 Å². The monoisotopic (exact) mass is 513 g/mol. The van der Waals surface area contributed by atoms with Gasteiger partial charge in [-0.1, -0.05) is 0 Å². The second kappa shape index (κ2) is 11.2. The fraction of sp³-hybridized carbons (Fsp3) is 0.560. The average Bonchev–Trinajstić information content (AvgIpc) is 3.43. The van der Waals surface area contributed by atoms with Crippen molar-refractivity contribution in [3.63, 3.8) is 0 Å². The normalized spacial score (nSPS) is 25.0. The Labute approximate surface area is 214 Å². The number of amides is 2. The molecule has 2 aromatic rings. The van der Waals surface area contributed by atoms with Gasteiger partial charge in [-0.05, 0) is 56.2 Å². The van der Waals surface area contributed by atoms with E-state index in [0.29, 0.717) is 23.7 Å². The van der Waals surface area contributed by atoms with Crippen LogP contribution in [0.1, 0.15) is 38.5 Å². The molecular formula is C25H32FN7O4. The number of piperazine rings is 1. The minimum Gasteiger partial charge on any atom is -0.445 e. The fourth-order valence-corrected chi connectivity index (χ4v) is 5.35. The third-order valence-corrected chi connectivity index (χ3v) is 7.42. The minimum atomic E-state index is -0.540. The predicted molar refractivity (Wildman–Crippen MR) is 132 cm³/mol. The second-order valence-corrected chi connectivity index (χ2v) is 9.97. The maximum Gasteiger partial charge on any atom is 0.436 e. The van der Waals surface area contributed by atoms with E-state index in [1.807, 2.05) is 0 Å². The van der Waals surface area contributed by atoms with Crippen molar-refractivity contribution in [2.24, 2.45) is 5.92 Å². The molecule has 3 aliphatic rings. The van der Waals surface area contributed by atoms with Crippen LogP contribution in [0.4, 0.5) is 20.6 Å². The maximum atomic E-state index is 14.9. The zero-order valence-electron chi connectivity index (χ0n) is 20.6. The number of imide groups is 1. The van der Waals surface area contributed by atoms with Crippen LogP contribution in [-0.4, -0.2) is 82.4 Å². The molecule has 11 nitrogen and oxygen atoms in total. The van der Waals surface area contributed by atoms with Gasteiger partial charge in [0.1, 0.15) is 30.6 Å². The molecule has 2 N–H and O–H groups in total. The molecule has 1 unspecified atom stereocenters. The molecule has 12 heteroatoms. The first-order chi connectivity index (χ1) is 17.9. The van der Waals surface area contributed by atoms with Gasteiger partial charge in [-0.15, -0.1) is 5.10 Å². The zero-order chi connectivity index (χ0) is 25.8. The van der Waals surface area contributed by atoms with Crippen LogP contribution in [-0.2, 0) is 14.3 Å². The van der Waals surface area contributed by atoms with Crippen LogP contribution in [0.5, 0.6) is 0 Å². The van der Waals surface area contributed by atoms with Crippen LogP contribution < -0.4 is 15.5 Å². The third-order valence-electron chi connectivity index (χ3n) is 7.42. The van der Waals surface area contributed by atoms with E-state index in [0.717, 1.165) is 63.1 Å². The lowest BCUT2D eigenvalue weighted by Crippen LogP contribution is -2.48. The molecule has 2 amide bonds. The standard InChI is InChI=1S/C25H32FN7O4/c26-20-13-18(29-21-6-8-23(34)30-24(21)35)3-7-22(20)32-11-9-31(10-12-32)14-17-1-4-19(5-2-17)37-25(36)33-16-27-15-28-33/h3,7,13,15-17,19,21,29H,1-2,4-6,8-12,14H2,(H,30,34,35). The number of benzene rings is 1. The fourth-order valence-electron chi connectivity index (χ4n) is 5.35. The Bertz CT molecular complexity index is 1110. The lowest BCUT2D eigenvalue weighted by atomic mass is 9.87. The average molecular weight is 514 g/mol. The third kappa shape index (κ3) is 6.24. The SMILES string of the molecule is O=C1CCC(Nc2ccc(N3CCN(CC4CCC(OC(=O)n5cncn5)CC4)CC3)c(F)c2)C(=O)N1. The molecule has 0 radical (unpaired) electrons. The molecule has 5 rings (SSSR count). The van der Waals surface area contributed by atoms with Crippen LogP contribution in [0.25, 0.3) is 0 Å². The number of nitrogens with zero attached hydrogens (tertiary/aromatic N) is 5. The van der Waals surface area contributed by atoms with Gasteiger partial charge in [0, 0.05) is 44.8 Å². The van der Waals surface area contributed by atoms with Crippen LogP contribution in [0.2, 0.25) is 0 Å². The van der Waals surface area contributed by atoms with E-state index >= 15 is 0 Å². The van der Waals surface area contributed by atoms with Gasteiger partial charge in [-0.2, -0.15) is 4.68 Å². The van der Waals surface area contributed by atoms with Gasteiger partial charge in [0.15, 0.2) is 0 Å². The maximum absolute atomic E-state index is 14.9. The van der Waals surface area contributed by atoms with E-state index in [2.05, 4.69) is 30.5 Å². The van der Waals surface area contributed by atoms with Gasteiger partial charge in [0.2, 0.25) is 11.8 Å². The van der Waals surface area contributed by atoms with E-state index < -0.39 is 12.1 Å². The molecule has 1 aromatic carbocycles. The summed E-state index contributed by atoms with van der Waals surface area (Å²) >= 11 is 0. The highest BCUT2D eigenvalue weighted by Gasteiger charge is 2.29. The highest BCUT2D eigenvalue weighted by molar-refractivity contribution is 6.01. The summed E-state index contributed by atoms with van der Waals surface area (Å²) < 4.78 is 21.6. The van der Waals surface area contributed by atoms with Gasteiger partial charge >= 0.3 is 6.09 Å². The van der Waals surface area contributed by atoms with Crippen molar-refractivity contribution in [1.82, 2.24) is 25.0 Å². The van der Waals surface area contributed by atoms with Crippen LogP contribution in [0, 0.1) is 11.7 Å². The Morgan fingerprint density at radius 1 is 1.11 bits per heavy atom. The predicted octanol–water partition coefficient (Wildman–Crippen LogP) is 2.00. The van der Waals surface area contributed by atoms with Crippen molar-refractivity contribution in [1.29, 1.82) is 0 Å². The van der Waals surface area contributed by atoms with Crippen molar-refractivity contribution < 1.29 is 23.5 Å². The van der Waals surface area contributed by atoms with E-state index in [9.17, 15) is 18.8 Å². The number of carbonyl (C=O) groups excluding carboxylic acids is 3. The van der Waals surface area contributed by atoms with Crippen molar-refractivity contribution in [2.75, 3.05) is 42.9 Å². The number of ether oxygens (including phenoxy) is 1. The van der Waals surface area contributed by atoms with E-state index in [1.165, 1.54) is 18.7 Å². The molecule has 3 fully saturated rings. The molecule has 1 aliphatic carbocycles. The first-order valence-electron chi connectivity index (χ1n) is 12.9. The summed E-state index contributed by atoms with van der Waals surface area (Å²) in [7, 11) is 0. The molecule has 198 valence electrons. The zero-order valence-corrected chi connectivity index (χ0v) is 20.6. The van der Waals surface area contributed by atoms with E-state index in [4.69, 9.17) is 4.74 Å². The van der Waals surface area contributed by atoms with Gasteiger partial charge < -0.3 is 15.0 Å². The quantitative estimate of drug-likeness (QED) is 0.559. The molecule has 2 saturated heterocycles. The molecular weight excluding hydrogens is 481 g/mol. The van der Waals surface area contributed by atoms with Crippen molar-refractivity contribution in [3.8, 4) is 0 Å². The number of piperidine rings is 1. The summed E-state index contributed by atoms with van der Waals surface area (Å²) in [5.41, 5.74) is 1.08. The summed E-state index contributed by atoms with van der Waals surface area (Å²) in [6, 6.07) is 4.41. The summed E-state index contributed by atoms with van der Waals surface area (Å²) in [4.78, 5) is 43.6. The Balaban J connectivity index is 1.05. The molecule has 0 spiro atoms. The van der Waals surface area contributed by atoms with Gasteiger partial charge in [0.05, 0.1) is 5.69 Å². The van der Waals surface area contributed by atoms with Crippen LogP contribution in [0.3, 0.4) is 0 Å². The van der Waals surface area contributed by atoms with Crippen LogP contribution in [0.15, 0.2) is 30.9 Å². The van der Waals surface area contributed by atoms with Gasteiger partial charge in [-0.25, -0.2) is 14.2 Å². The summed E-state index contributed by atoms with van der Waals surface area (Å²) in [5, 5.41) is 9.14. The van der Waals surface area contributed by atoms with E-state index in [-0.39, 0.29) is 30.2 Å². The number of carbonyl (C=O) groups is 3. The topological polar surface area (TPSA) is 122 Å². The summed E-state index contributed by atoms with van der Waals surface area (Å²) in [6.07, 6.45) is 6.44. The number of hydrogen-bond acceptors (Lipinski definition) is 9. The van der Waals surface area contributed by atoms with Crippen LogP contribution >= 0.6 is 0 Å². The Kier molecular flexibility index (Phi) is 7.63. The first-order valence-corrected chi connectivity index (χ1v) is 12.9. The molecule has 2 aliphatic heterocycles. The number of hydrogen-bond donors (Lipinski definition) is 2.